The van der Waals surface area contributed by atoms with Gasteiger partial charge in [0, 0.05) is 48.3 Å². The molecule has 3 N–H and O–H groups in total. The molecule has 0 fully saturated rings. The van der Waals surface area contributed by atoms with E-state index < -0.39 is 0 Å². The Morgan fingerprint density at radius 3 is 2.48 bits per heavy atom. The summed E-state index contributed by atoms with van der Waals surface area (Å²) in [6, 6.07) is 5.77. The Hall–Kier alpha value is -2.63. The Morgan fingerprint density at radius 1 is 1.16 bits per heavy atom. The molecule has 2 heterocycles. The van der Waals surface area contributed by atoms with Crippen LogP contribution in [0.5, 0.6) is 0 Å². The summed E-state index contributed by atoms with van der Waals surface area (Å²) < 4.78 is 0. The van der Waals surface area contributed by atoms with Crippen molar-refractivity contribution >= 4 is 23.1 Å². The van der Waals surface area contributed by atoms with Gasteiger partial charge in [0.1, 0.15) is 5.82 Å². The first kappa shape index (κ1) is 18.7. The Balaban J connectivity index is 2.39. The van der Waals surface area contributed by atoms with Gasteiger partial charge in [-0.1, -0.05) is 20.8 Å². The lowest BCUT2D eigenvalue weighted by Gasteiger charge is -2.19. The molecule has 0 saturated carbocycles. The molecule has 0 saturated heterocycles. The van der Waals surface area contributed by atoms with E-state index in [9.17, 15) is 4.79 Å². The molecule has 0 spiro atoms. The van der Waals surface area contributed by atoms with Crippen molar-refractivity contribution < 1.29 is 4.79 Å². The van der Waals surface area contributed by atoms with Gasteiger partial charge in [0.25, 0.3) is 5.91 Å². The predicted molar refractivity (Wildman–Crippen MR) is 103 cm³/mol. The van der Waals surface area contributed by atoms with Crippen LogP contribution in [0.1, 0.15) is 50.7 Å². The minimum Gasteiger partial charge on any atom is -0.373 e. The molecule has 1 amide bonds. The van der Waals surface area contributed by atoms with Crippen molar-refractivity contribution in [3.8, 4) is 0 Å². The molecule has 0 aromatic carbocycles. The third-order valence-electron chi connectivity index (χ3n) is 3.63. The average molecular weight is 341 g/mol. The van der Waals surface area contributed by atoms with Crippen LogP contribution in [-0.4, -0.2) is 29.0 Å². The molecule has 0 aliphatic heterocycles. The second kappa shape index (κ2) is 7.51. The summed E-state index contributed by atoms with van der Waals surface area (Å²) in [5, 5.41) is 9.24. The van der Waals surface area contributed by atoms with E-state index >= 15 is 0 Å². The van der Waals surface area contributed by atoms with Gasteiger partial charge < -0.3 is 16.0 Å². The predicted octanol–water partition coefficient (Wildman–Crippen LogP) is 3.70. The van der Waals surface area contributed by atoms with E-state index in [1.54, 1.807) is 19.4 Å². The lowest BCUT2D eigenvalue weighted by Crippen LogP contribution is -2.30. The van der Waals surface area contributed by atoms with Gasteiger partial charge in [0.05, 0.1) is 11.3 Å². The quantitative estimate of drug-likeness (QED) is 0.773. The fourth-order valence-corrected chi connectivity index (χ4v) is 2.29. The fourth-order valence-electron chi connectivity index (χ4n) is 2.29. The number of hydrogen-bond donors (Lipinski definition) is 3. The van der Waals surface area contributed by atoms with Gasteiger partial charge >= 0.3 is 0 Å². The van der Waals surface area contributed by atoms with Crippen LogP contribution >= 0.6 is 0 Å². The van der Waals surface area contributed by atoms with Gasteiger partial charge in [-0.15, -0.1) is 0 Å². The molecule has 0 aliphatic carbocycles. The van der Waals surface area contributed by atoms with E-state index in [4.69, 9.17) is 0 Å². The first-order valence-corrected chi connectivity index (χ1v) is 8.43. The Labute approximate surface area is 149 Å². The molecule has 6 heteroatoms. The van der Waals surface area contributed by atoms with Gasteiger partial charge in [0.15, 0.2) is 0 Å². The van der Waals surface area contributed by atoms with E-state index in [2.05, 4.69) is 46.7 Å². The number of amides is 1. The monoisotopic (exact) mass is 341 g/mol. The van der Waals surface area contributed by atoms with Crippen LogP contribution < -0.4 is 16.0 Å². The first-order chi connectivity index (χ1) is 11.7. The Bertz CT molecular complexity index is 750. The highest BCUT2D eigenvalue weighted by molar-refractivity contribution is 6.00. The standard InChI is InChI=1S/C19H27N5O/c1-12(2)23-18(25)14-11-22-17(20-6)10-15(14)24-13-7-8-21-16(9-13)19(3,4)5/h7-12H,1-6H3,(H,23,25)(H2,20,21,22,24). The SMILES string of the molecule is CNc1cc(Nc2ccnc(C(C)(C)C)c2)c(C(=O)NC(C)C)cn1. The largest absolute Gasteiger partial charge is 0.373 e. The highest BCUT2D eigenvalue weighted by atomic mass is 16.1. The molecular weight excluding hydrogens is 314 g/mol. The zero-order valence-corrected chi connectivity index (χ0v) is 15.8. The average Bonchev–Trinajstić information content (AvgIpc) is 2.53. The zero-order chi connectivity index (χ0) is 18.6. The van der Waals surface area contributed by atoms with E-state index in [0.29, 0.717) is 17.1 Å². The van der Waals surface area contributed by atoms with Gasteiger partial charge in [-0.05, 0) is 26.0 Å². The summed E-state index contributed by atoms with van der Waals surface area (Å²) in [4.78, 5) is 21.2. The van der Waals surface area contributed by atoms with Crippen molar-refractivity contribution in [3.05, 3.63) is 41.9 Å². The summed E-state index contributed by atoms with van der Waals surface area (Å²) in [6.07, 6.45) is 3.36. The third kappa shape index (κ3) is 4.92. The van der Waals surface area contributed by atoms with Gasteiger partial charge in [0.2, 0.25) is 0 Å². The molecule has 134 valence electrons. The van der Waals surface area contributed by atoms with Crippen LogP contribution in [0, 0.1) is 0 Å². The first-order valence-electron chi connectivity index (χ1n) is 8.43. The molecule has 0 aliphatic rings. The van der Waals surface area contributed by atoms with Crippen molar-refractivity contribution in [2.24, 2.45) is 0 Å². The smallest absolute Gasteiger partial charge is 0.255 e. The van der Waals surface area contributed by atoms with Gasteiger partial charge in [-0.2, -0.15) is 0 Å². The minimum atomic E-state index is -0.155. The molecule has 6 nitrogen and oxygen atoms in total. The Morgan fingerprint density at radius 2 is 1.88 bits per heavy atom. The number of aromatic nitrogens is 2. The summed E-state index contributed by atoms with van der Waals surface area (Å²) in [7, 11) is 1.80. The number of nitrogens with zero attached hydrogens (tertiary/aromatic N) is 2. The second-order valence-corrected chi connectivity index (χ2v) is 7.30. The molecule has 0 atom stereocenters. The Kier molecular flexibility index (Phi) is 5.62. The number of hydrogen-bond acceptors (Lipinski definition) is 5. The lowest BCUT2D eigenvalue weighted by atomic mass is 9.91. The van der Waals surface area contributed by atoms with E-state index in [-0.39, 0.29) is 17.4 Å². The van der Waals surface area contributed by atoms with Crippen molar-refractivity contribution in [2.45, 2.75) is 46.1 Å². The van der Waals surface area contributed by atoms with E-state index in [1.807, 2.05) is 32.0 Å². The van der Waals surface area contributed by atoms with Crippen molar-refractivity contribution in [1.82, 2.24) is 15.3 Å². The molecule has 2 aromatic heterocycles. The summed E-state index contributed by atoms with van der Waals surface area (Å²) in [6.45, 7) is 10.2. The molecule has 0 radical (unpaired) electrons. The van der Waals surface area contributed by atoms with E-state index in [0.717, 1.165) is 11.4 Å². The maximum atomic E-state index is 12.5. The van der Waals surface area contributed by atoms with Crippen LogP contribution in [0.4, 0.5) is 17.2 Å². The van der Waals surface area contributed by atoms with Crippen molar-refractivity contribution in [3.63, 3.8) is 0 Å². The maximum absolute atomic E-state index is 12.5. The van der Waals surface area contributed by atoms with Crippen LogP contribution in [0.25, 0.3) is 0 Å². The van der Waals surface area contributed by atoms with Crippen LogP contribution in [-0.2, 0) is 5.41 Å². The number of carbonyl (C=O) groups is 1. The molecule has 25 heavy (non-hydrogen) atoms. The topological polar surface area (TPSA) is 78.9 Å². The number of carbonyl (C=O) groups excluding carboxylic acids is 1. The highest BCUT2D eigenvalue weighted by Crippen LogP contribution is 2.26. The normalized spacial score (nSPS) is 11.3. The minimum absolute atomic E-state index is 0.0517. The second-order valence-electron chi connectivity index (χ2n) is 7.30. The summed E-state index contributed by atoms with van der Waals surface area (Å²) in [5.41, 5.74) is 3.01. The molecule has 0 bridgehead atoms. The van der Waals surface area contributed by atoms with Crippen LogP contribution in [0.15, 0.2) is 30.6 Å². The fraction of sp³-hybridized carbons (Fsp3) is 0.421. The van der Waals surface area contributed by atoms with Crippen molar-refractivity contribution in [2.75, 3.05) is 17.7 Å². The maximum Gasteiger partial charge on any atom is 0.255 e. The van der Waals surface area contributed by atoms with Crippen LogP contribution in [0.2, 0.25) is 0 Å². The lowest BCUT2D eigenvalue weighted by molar-refractivity contribution is 0.0943. The van der Waals surface area contributed by atoms with Gasteiger partial charge in [-0.25, -0.2) is 4.98 Å². The summed E-state index contributed by atoms with van der Waals surface area (Å²) in [5.74, 6) is 0.534. The van der Waals surface area contributed by atoms with Crippen LogP contribution in [0.3, 0.4) is 0 Å². The van der Waals surface area contributed by atoms with Crippen molar-refractivity contribution in [1.29, 1.82) is 0 Å². The number of pyridine rings is 2. The highest BCUT2D eigenvalue weighted by Gasteiger charge is 2.17. The molecular formula is C19H27N5O. The zero-order valence-electron chi connectivity index (χ0n) is 15.8. The molecule has 0 unspecified atom stereocenters. The van der Waals surface area contributed by atoms with E-state index in [1.165, 1.54) is 0 Å². The number of rotatable bonds is 5. The molecule has 2 aromatic rings. The number of anilines is 3. The summed E-state index contributed by atoms with van der Waals surface area (Å²) >= 11 is 0. The third-order valence-corrected chi connectivity index (χ3v) is 3.63. The number of nitrogens with one attached hydrogen (secondary N) is 3. The van der Waals surface area contributed by atoms with Gasteiger partial charge in [-0.3, -0.25) is 9.78 Å². The molecule has 2 rings (SSSR count).